The fourth-order valence-electron chi connectivity index (χ4n) is 2.74. The summed E-state index contributed by atoms with van der Waals surface area (Å²) < 4.78 is 1.59. The lowest BCUT2D eigenvalue weighted by Crippen LogP contribution is -2.41. The number of aliphatic hydroxyl groups excluding tert-OH is 1. The Morgan fingerprint density at radius 3 is 2.86 bits per heavy atom. The van der Waals surface area contributed by atoms with Crippen LogP contribution < -0.4 is 0 Å². The number of amides is 1. The van der Waals surface area contributed by atoms with Crippen molar-refractivity contribution < 1.29 is 9.90 Å². The molecule has 0 bridgehead atoms. The van der Waals surface area contributed by atoms with Crippen molar-refractivity contribution in [3.05, 3.63) is 22.5 Å². The van der Waals surface area contributed by atoms with E-state index in [1.54, 1.807) is 22.7 Å². The van der Waals surface area contributed by atoms with Crippen molar-refractivity contribution >= 4 is 23.6 Å². The highest BCUT2D eigenvalue weighted by atomic mass is 35.5. The molecule has 1 saturated heterocycles. The Labute approximate surface area is 130 Å². The SMILES string of the molecule is Cc1nn(C)c(Cl)c1/C=C/C(=O)N1CCCCCC1CO. The number of hydrogen-bond donors (Lipinski definition) is 1. The van der Waals surface area contributed by atoms with E-state index >= 15 is 0 Å². The van der Waals surface area contributed by atoms with Crippen molar-refractivity contribution in [2.45, 2.75) is 38.6 Å². The predicted molar refractivity (Wildman–Crippen MR) is 83.0 cm³/mol. The molecule has 1 aliphatic rings. The van der Waals surface area contributed by atoms with E-state index in [0.717, 1.165) is 36.9 Å². The average molecular weight is 312 g/mol. The van der Waals surface area contributed by atoms with E-state index in [1.165, 1.54) is 6.08 Å². The number of aryl methyl sites for hydroxylation is 2. The van der Waals surface area contributed by atoms with Crippen molar-refractivity contribution in [1.82, 2.24) is 14.7 Å². The fraction of sp³-hybridized carbons (Fsp3) is 0.600. The molecule has 2 heterocycles. The number of rotatable bonds is 3. The van der Waals surface area contributed by atoms with E-state index in [9.17, 15) is 9.90 Å². The van der Waals surface area contributed by atoms with Gasteiger partial charge in [0.1, 0.15) is 5.15 Å². The highest BCUT2D eigenvalue weighted by Gasteiger charge is 2.23. The lowest BCUT2D eigenvalue weighted by molar-refractivity contribution is -0.129. The van der Waals surface area contributed by atoms with Crippen LogP contribution in [0.1, 0.15) is 36.9 Å². The molecule has 1 aromatic heterocycles. The number of hydrogen-bond acceptors (Lipinski definition) is 3. The number of carbonyl (C=O) groups excluding carboxylic acids is 1. The number of aromatic nitrogens is 2. The molecule has 0 aromatic carbocycles. The van der Waals surface area contributed by atoms with Gasteiger partial charge in [0.05, 0.1) is 18.3 Å². The standard InChI is InChI=1S/C15H22ClN3O2/c1-11-13(15(16)18(2)17-11)7-8-14(21)19-9-5-3-4-6-12(19)10-20/h7-8,12,20H,3-6,9-10H2,1-2H3/b8-7+. The molecule has 6 heteroatoms. The van der Waals surface area contributed by atoms with Crippen LogP contribution in [0.25, 0.3) is 6.08 Å². The Morgan fingerprint density at radius 2 is 2.24 bits per heavy atom. The monoisotopic (exact) mass is 311 g/mol. The molecule has 0 spiro atoms. The zero-order chi connectivity index (χ0) is 15.4. The highest BCUT2D eigenvalue weighted by Crippen LogP contribution is 2.21. The lowest BCUT2D eigenvalue weighted by atomic mass is 10.1. The molecule has 0 saturated carbocycles. The largest absolute Gasteiger partial charge is 0.394 e. The summed E-state index contributed by atoms with van der Waals surface area (Å²) in [7, 11) is 1.77. The maximum absolute atomic E-state index is 12.4. The lowest BCUT2D eigenvalue weighted by Gasteiger charge is -2.27. The van der Waals surface area contributed by atoms with E-state index in [2.05, 4.69) is 5.10 Å². The molecule has 116 valence electrons. The highest BCUT2D eigenvalue weighted by molar-refractivity contribution is 6.31. The number of carbonyl (C=O) groups is 1. The summed E-state index contributed by atoms with van der Waals surface area (Å²) >= 11 is 6.15. The van der Waals surface area contributed by atoms with Crippen molar-refractivity contribution in [3.8, 4) is 0 Å². The number of likely N-dealkylation sites (tertiary alicyclic amines) is 1. The number of halogens is 1. The molecular weight excluding hydrogens is 290 g/mol. The van der Waals surface area contributed by atoms with Gasteiger partial charge >= 0.3 is 0 Å². The summed E-state index contributed by atoms with van der Waals surface area (Å²) in [4.78, 5) is 14.1. The molecule has 0 radical (unpaired) electrons. The third kappa shape index (κ3) is 3.66. The van der Waals surface area contributed by atoms with Gasteiger partial charge in [0.15, 0.2) is 0 Å². The Balaban J connectivity index is 2.13. The van der Waals surface area contributed by atoms with E-state index in [-0.39, 0.29) is 18.6 Å². The number of nitrogens with zero attached hydrogens (tertiary/aromatic N) is 3. The van der Waals surface area contributed by atoms with Crippen LogP contribution in [0.15, 0.2) is 6.08 Å². The molecule has 1 amide bonds. The summed E-state index contributed by atoms with van der Waals surface area (Å²) in [5.74, 6) is -0.0738. The molecule has 5 nitrogen and oxygen atoms in total. The first-order valence-electron chi connectivity index (χ1n) is 7.33. The third-order valence-electron chi connectivity index (χ3n) is 3.96. The van der Waals surface area contributed by atoms with Gasteiger partial charge < -0.3 is 10.0 Å². The zero-order valence-corrected chi connectivity index (χ0v) is 13.3. The maximum atomic E-state index is 12.4. The fourth-order valence-corrected chi connectivity index (χ4v) is 2.98. The molecule has 1 aromatic rings. The van der Waals surface area contributed by atoms with Gasteiger partial charge in [-0.3, -0.25) is 9.48 Å². The Bertz CT molecular complexity index is 539. The summed E-state index contributed by atoms with van der Waals surface area (Å²) in [5, 5.41) is 14.2. The minimum absolute atomic E-state index is 0.0201. The van der Waals surface area contributed by atoms with Crippen LogP contribution in [0.4, 0.5) is 0 Å². The van der Waals surface area contributed by atoms with E-state index < -0.39 is 0 Å². The minimum atomic E-state index is -0.0740. The van der Waals surface area contributed by atoms with Crippen LogP contribution in [0.3, 0.4) is 0 Å². The summed E-state index contributed by atoms with van der Waals surface area (Å²) in [6, 6.07) is -0.0740. The van der Waals surface area contributed by atoms with Crippen molar-refractivity contribution in [2.75, 3.05) is 13.2 Å². The first kappa shape index (κ1) is 16.0. The molecular formula is C15H22ClN3O2. The van der Waals surface area contributed by atoms with Gasteiger partial charge in [0.2, 0.25) is 5.91 Å². The quantitative estimate of drug-likeness (QED) is 0.870. The van der Waals surface area contributed by atoms with Gasteiger partial charge in [0.25, 0.3) is 0 Å². The predicted octanol–water partition coefficient (Wildman–Crippen LogP) is 2.16. The molecule has 0 aliphatic carbocycles. The smallest absolute Gasteiger partial charge is 0.246 e. The van der Waals surface area contributed by atoms with Crippen molar-refractivity contribution in [2.24, 2.45) is 7.05 Å². The van der Waals surface area contributed by atoms with E-state index in [1.807, 2.05) is 6.92 Å². The first-order chi connectivity index (χ1) is 10.0. The molecule has 1 fully saturated rings. The molecule has 21 heavy (non-hydrogen) atoms. The van der Waals surface area contributed by atoms with Crippen molar-refractivity contribution in [3.63, 3.8) is 0 Å². The van der Waals surface area contributed by atoms with Crippen molar-refractivity contribution in [1.29, 1.82) is 0 Å². The average Bonchev–Trinajstić information content (AvgIpc) is 2.65. The molecule has 1 atom stereocenters. The number of aliphatic hydroxyl groups is 1. The van der Waals surface area contributed by atoms with Crippen LogP contribution in [0.5, 0.6) is 0 Å². The van der Waals surface area contributed by atoms with Gasteiger partial charge in [-0.25, -0.2) is 0 Å². The topological polar surface area (TPSA) is 58.4 Å². The molecule has 1 aliphatic heterocycles. The van der Waals surface area contributed by atoms with Gasteiger partial charge in [-0.1, -0.05) is 24.4 Å². The Morgan fingerprint density at radius 1 is 1.48 bits per heavy atom. The normalized spacial score (nSPS) is 20.0. The second-order valence-electron chi connectivity index (χ2n) is 5.46. The molecule has 1 unspecified atom stereocenters. The first-order valence-corrected chi connectivity index (χ1v) is 7.71. The third-order valence-corrected chi connectivity index (χ3v) is 4.41. The Hall–Kier alpha value is -1.33. The summed E-state index contributed by atoms with van der Waals surface area (Å²) in [6.45, 7) is 2.58. The van der Waals surface area contributed by atoms with Gasteiger partial charge in [-0.05, 0) is 25.8 Å². The van der Waals surface area contributed by atoms with Crippen LogP contribution in [0, 0.1) is 6.92 Å². The van der Waals surface area contributed by atoms with Crippen LogP contribution in [-0.2, 0) is 11.8 Å². The van der Waals surface area contributed by atoms with E-state index in [0.29, 0.717) is 11.7 Å². The van der Waals surface area contributed by atoms with E-state index in [4.69, 9.17) is 11.6 Å². The van der Waals surface area contributed by atoms with Gasteiger partial charge in [-0.2, -0.15) is 5.10 Å². The second kappa shape index (κ2) is 7.09. The van der Waals surface area contributed by atoms with Crippen LogP contribution in [0.2, 0.25) is 5.15 Å². The maximum Gasteiger partial charge on any atom is 0.246 e. The van der Waals surface area contributed by atoms with Gasteiger partial charge in [0, 0.05) is 25.2 Å². The molecule has 1 N–H and O–H groups in total. The second-order valence-corrected chi connectivity index (χ2v) is 5.82. The zero-order valence-electron chi connectivity index (χ0n) is 12.5. The summed E-state index contributed by atoms with van der Waals surface area (Å²) in [6.07, 6.45) is 7.27. The Kier molecular flexibility index (Phi) is 5.42. The summed E-state index contributed by atoms with van der Waals surface area (Å²) in [5.41, 5.74) is 1.56. The minimum Gasteiger partial charge on any atom is -0.394 e. The molecule has 2 rings (SSSR count). The van der Waals surface area contributed by atoms with Crippen LogP contribution >= 0.6 is 11.6 Å². The van der Waals surface area contributed by atoms with Gasteiger partial charge in [-0.15, -0.1) is 0 Å². The van der Waals surface area contributed by atoms with Crippen LogP contribution in [-0.4, -0.2) is 44.9 Å².